The number of hydrogen-bond acceptors (Lipinski definition) is 7. The molecule has 4 amide bonds. The van der Waals surface area contributed by atoms with Crippen LogP contribution in [-0.4, -0.2) is 55.7 Å². The van der Waals surface area contributed by atoms with E-state index in [0.29, 0.717) is 0 Å². The van der Waals surface area contributed by atoms with E-state index >= 15 is 8.78 Å². The molecule has 17 heteroatoms. The van der Waals surface area contributed by atoms with Gasteiger partial charge in [0, 0.05) is 11.5 Å². The number of anilines is 2. The number of alkyl halides is 2. The molecular weight excluding hydrogens is 701 g/mol. The number of aromatic hydroxyl groups is 1. The Labute approximate surface area is 283 Å². The summed E-state index contributed by atoms with van der Waals surface area (Å²) in [5.74, 6) is -22.8. The second-order valence-corrected chi connectivity index (χ2v) is 13.5. The molecule has 9 nitrogen and oxygen atoms in total. The van der Waals surface area contributed by atoms with Crippen LogP contribution < -0.4 is 15.3 Å². The van der Waals surface area contributed by atoms with Gasteiger partial charge in [-0.05, 0) is 42.4 Å². The number of fused-ring (bicyclic) bond motifs is 4. The summed E-state index contributed by atoms with van der Waals surface area (Å²) >= 11 is 14.1. The fraction of sp³-hybridized carbons (Fsp3) is 0.250. The largest absolute Gasteiger partial charge is 0.508 e. The first-order valence-electron chi connectivity index (χ1n) is 14.7. The third-order valence-corrected chi connectivity index (χ3v) is 11.3. The molecule has 6 atom stereocenters. The van der Waals surface area contributed by atoms with Crippen LogP contribution in [0.3, 0.4) is 0 Å². The predicted molar refractivity (Wildman–Crippen MR) is 163 cm³/mol. The number of nitrogens with zero attached hydrogens (tertiary/aromatic N) is 2. The highest BCUT2D eigenvalue weighted by Gasteiger charge is 2.77. The highest BCUT2D eigenvalue weighted by atomic mass is 35.5. The van der Waals surface area contributed by atoms with E-state index in [9.17, 15) is 47.5 Å². The summed E-state index contributed by atoms with van der Waals surface area (Å²) in [5, 5.41) is 30.3. The minimum Gasteiger partial charge on any atom is -0.508 e. The molecule has 0 radical (unpaired) electrons. The van der Waals surface area contributed by atoms with E-state index < -0.39 is 111 Å². The Morgan fingerprint density at radius 2 is 1.41 bits per heavy atom. The molecule has 3 aromatic rings. The zero-order valence-electron chi connectivity index (χ0n) is 24.5. The quantitative estimate of drug-likeness (QED) is 0.0714. The second kappa shape index (κ2) is 11.1. The van der Waals surface area contributed by atoms with Gasteiger partial charge in [0.05, 0.1) is 17.5 Å². The standard InChI is InChI=1S/C32H20BCl2F5N2O7/c34-31-11-17-14(8-9-16-19(17)28(45)41(27(16)44)13-5-3-4-12(10-13)33(48)49)20(15-6-1-2-7-18(15)43)32(31,35)30(47)42(29(31)46)26-24(39)22(37)21(36)23(38)25(26)40/h1-8,10,16-17,19-20,43,48-49H,9,11H2/t16-,17+,19-,20+,31+,32-/m0/s1. The lowest BCUT2D eigenvalue weighted by atomic mass is 9.56. The molecule has 3 fully saturated rings. The zero-order valence-corrected chi connectivity index (χ0v) is 26.0. The van der Waals surface area contributed by atoms with Crippen LogP contribution in [0.4, 0.5) is 33.3 Å². The van der Waals surface area contributed by atoms with Crippen LogP contribution in [0.25, 0.3) is 0 Å². The van der Waals surface area contributed by atoms with Gasteiger partial charge in [0.25, 0.3) is 11.8 Å². The van der Waals surface area contributed by atoms with Gasteiger partial charge >= 0.3 is 7.12 Å². The topological polar surface area (TPSA) is 135 Å². The molecule has 2 aliphatic carbocycles. The van der Waals surface area contributed by atoms with Crippen molar-refractivity contribution >= 4 is 70.8 Å². The van der Waals surface area contributed by atoms with Crippen molar-refractivity contribution in [3.05, 3.63) is 94.8 Å². The highest BCUT2D eigenvalue weighted by molar-refractivity contribution is 6.59. The lowest BCUT2D eigenvalue weighted by Gasteiger charge is -2.50. The third kappa shape index (κ3) is 4.25. The van der Waals surface area contributed by atoms with E-state index in [4.69, 9.17) is 23.2 Å². The molecular formula is C32H20BCl2F5N2O7. The molecule has 252 valence electrons. The number of carbonyl (C=O) groups excluding carboxylic acids is 4. The Balaban J connectivity index is 1.41. The van der Waals surface area contributed by atoms with Crippen molar-refractivity contribution in [2.24, 2.45) is 17.8 Å². The SMILES string of the molecule is O=C1[C@H]2[C@H](CC=C3[C@H]2C[C@@]2(Cl)C(=O)N(c4c(F)c(F)c(F)c(F)c4F)C(=O)[C@@]2(Cl)[C@H]3c2ccccc2O)C(=O)N1c1cccc(B(O)O)c1. The summed E-state index contributed by atoms with van der Waals surface area (Å²) in [4.78, 5) is 51.4. The van der Waals surface area contributed by atoms with Gasteiger partial charge in [0.15, 0.2) is 33.0 Å². The van der Waals surface area contributed by atoms with Gasteiger partial charge in [0.2, 0.25) is 17.6 Å². The average Bonchev–Trinajstić information content (AvgIpc) is 3.41. The van der Waals surface area contributed by atoms with Crippen LogP contribution in [0.1, 0.15) is 24.3 Å². The first-order chi connectivity index (χ1) is 23.1. The fourth-order valence-corrected chi connectivity index (χ4v) is 8.65. The van der Waals surface area contributed by atoms with Gasteiger partial charge in [0.1, 0.15) is 11.4 Å². The number of imide groups is 2. The fourth-order valence-electron chi connectivity index (χ4n) is 7.72. The average molecular weight is 721 g/mol. The minimum atomic E-state index is -2.77. The maximum atomic E-state index is 15.1. The number of rotatable bonds is 4. The molecule has 0 aromatic heterocycles. The summed E-state index contributed by atoms with van der Waals surface area (Å²) in [6.07, 6.45) is 0.661. The number of allylic oxidation sites excluding steroid dienone is 2. The number of phenolic OH excluding ortho intramolecular Hbond substituents is 1. The Hall–Kier alpha value is -4.31. The van der Waals surface area contributed by atoms with Gasteiger partial charge < -0.3 is 15.2 Å². The third-order valence-electron chi connectivity index (χ3n) is 9.90. The van der Waals surface area contributed by atoms with Crippen LogP contribution >= 0.6 is 23.2 Å². The lowest BCUT2D eigenvalue weighted by molar-refractivity contribution is -0.125. The summed E-state index contributed by atoms with van der Waals surface area (Å²) < 4.78 is 73.0. The van der Waals surface area contributed by atoms with Gasteiger partial charge in [-0.25, -0.2) is 26.9 Å². The van der Waals surface area contributed by atoms with Gasteiger partial charge in [-0.2, -0.15) is 0 Å². The lowest BCUT2D eigenvalue weighted by Crippen LogP contribution is -2.60. The molecule has 0 spiro atoms. The minimum absolute atomic E-state index is 0.00139. The van der Waals surface area contributed by atoms with Gasteiger partial charge in [-0.3, -0.25) is 24.1 Å². The van der Waals surface area contributed by atoms with Crippen molar-refractivity contribution in [1.82, 2.24) is 0 Å². The first kappa shape index (κ1) is 33.2. The van der Waals surface area contributed by atoms with Crippen molar-refractivity contribution in [3.8, 4) is 5.75 Å². The van der Waals surface area contributed by atoms with E-state index in [1.807, 2.05) is 0 Å². The predicted octanol–water partition coefficient (Wildman–Crippen LogP) is 3.54. The van der Waals surface area contributed by atoms with Crippen molar-refractivity contribution in [2.75, 3.05) is 9.80 Å². The summed E-state index contributed by atoms with van der Waals surface area (Å²) in [6, 6.07) is 10.7. The van der Waals surface area contributed by atoms with Crippen LogP contribution in [0.5, 0.6) is 5.75 Å². The molecule has 4 aliphatic rings. The van der Waals surface area contributed by atoms with Crippen molar-refractivity contribution in [3.63, 3.8) is 0 Å². The second-order valence-electron chi connectivity index (χ2n) is 12.2. The van der Waals surface area contributed by atoms with Crippen molar-refractivity contribution in [1.29, 1.82) is 0 Å². The Morgan fingerprint density at radius 3 is 2.04 bits per heavy atom. The highest BCUT2D eigenvalue weighted by Crippen LogP contribution is 2.66. The molecule has 0 bridgehead atoms. The molecule has 2 saturated heterocycles. The van der Waals surface area contributed by atoms with E-state index in [0.717, 1.165) is 4.90 Å². The molecule has 3 aromatic carbocycles. The summed E-state index contributed by atoms with van der Waals surface area (Å²) in [7, 11) is -1.93. The maximum absolute atomic E-state index is 15.1. The zero-order chi connectivity index (χ0) is 35.5. The van der Waals surface area contributed by atoms with Gasteiger partial charge in [-0.15, -0.1) is 23.2 Å². The number of phenols is 1. The molecule has 2 aliphatic heterocycles. The number of benzene rings is 3. The Morgan fingerprint density at radius 1 is 0.776 bits per heavy atom. The van der Waals surface area contributed by atoms with E-state index in [2.05, 4.69) is 0 Å². The van der Waals surface area contributed by atoms with Crippen molar-refractivity contribution in [2.45, 2.75) is 28.5 Å². The van der Waals surface area contributed by atoms with Crippen molar-refractivity contribution < 1.29 is 56.3 Å². The molecule has 49 heavy (non-hydrogen) atoms. The molecule has 0 unspecified atom stereocenters. The van der Waals surface area contributed by atoms with E-state index in [1.54, 1.807) is 0 Å². The normalized spacial score (nSPS) is 29.2. The first-order valence-corrected chi connectivity index (χ1v) is 15.4. The Kier molecular flexibility index (Phi) is 7.52. The molecule has 2 heterocycles. The molecule has 7 rings (SSSR count). The van der Waals surface area contributed by atoms with E-state index in [-0.39, 0.29) is 33.6 Å². The number of para-hydroxylation sites is 1. The number of amides is 4. The van der Waals surface area contributed by atoms with Crippen LogP contribution in [0.15, 0.2) is 60.2 Å². The Bertz CT molecular complexity index is 2040. The number of carbonyl (C=O) groups is 4. The summed E-state index contributed by atoms with van der Waals surface area (Å²) in [5.41, 5.74) is -1.89. The van der Waals surface area contributed by atoms with Crippen LogP contribution in [0, 0.1) is 46.8 Å². The van der Waals surface area contributed by atoms with E-state index in [1.165, 1.54) is 54.6 Å². The van der Waals surface area contributed by atoms with Gasteiger partial charge in [-0.1, -0.05) is 42.0 Å². The smallest absolute Gasteiger partial charge is 0.488 e. The van der Waals surface area contributed by atoms with Crippen LogP contribution in [-0.2, 0) is 19.2 Å². The number of halogens is 7. The molecule has 3 N–H and O–H groups in total. The summed E-state index contributed by atoms with van der Waals surface area (Å²) in [6.45, 7) is 0. The number of hydrogen-bond donors (Lipinski definition) is 3. The monoisotopic (exact) mass is 720 g/mol. The maximum Gasteiger partial charge on any atom is 0.488 e. The molecule has 1 saturated carbocycles. The van der Waals surface area contributed by atoms with Crippen LogP contribution in [0.2, 0.25) is 0 Å².